The van der Waals surface area contributed by atoms with Crippen molar-refractivity contribution in [1.29, 1.82) is 0 Å². The molecule has 0 aromatic heterocycles. The number of hydrogen-bond donors (Lipinski definition) is 1. The van der Waals surface area contributed by atoms with Crippen LogP contribution in [0.1, 0.15) is 11.1 Å². The Morgan fingerprint density at radius 2 is 2.27 bits per heavy atom. The summed E-state index contributed by atoms with van der Waals surface area (Å²) in [5.74, 6) is -0.423. The van der Waals surface area contributed by atoms with E-state index in [2.05, 4.69) is 11.9 Å². The molecule has 0 aliphatic rings. The van der Waals surface area contributed by atoms with Crippen molar-refractivity contribution in [2.45, 2.75) is 13.8 Å². The topological polar surface area (TPSA) is 38.3 Å². The second-order valence-electron chi connectivity index (χ2n) is 3.24. The third kappa shape index (κ3) is 3.13. The minimum Gasteiger partial charge on any atom is -0.441 e. The lowest BCUT2D eigenvalue weighted by molar-refractivity contribution is -0.136. The van der Waals surface area contributed by atoms with Crippen molar-refractivity contribution in [2.75, 3.05) is 12.0 Å². The monoisotopic (exact) mass is 205 g/mol. The number of ether oxygens (including phenoxy) is 1. The standard InChI is InChI=1S/C12H15NO2/c1-4-12(14)15-8-13-11-7-5-6-9(2)10(11)3/h4-7,13H,1,8H2,2-3H3. The molecule has 0 radical (unpaired) electrons. The summed E-state index contributed by atoms with van der Waals surface area (Å²) in [5.41, 5.74) is 3.34. The molecule has 3 heteroatoms. The highest BCUT2D eigenvalue weighted by Gasteiger charge is 2.00. The van der Waals surface area contributed by atoms with Crippen LogP contribution in [0.15, 0.2) is 30.9 Å². The van der Waals surface area contributed by atoms with Gasteiger partial charge in [-0.3, -0.25) is 0 Å². The summed E-state index contributed by atoms with van der Waals surface area (Å²) in [4.78, 5) is 10.8. The van der Waals surface area contributed by atoms with Crippen LogP contribution >= 0.6 is 0 Å². The van der Waals surface area contributed by atoms with Gasteiger partial charge in [0.2, 0.25) is 0 Å². The molecule has 1 rings (SSSR count). The Morgan fingerprint density at radius 3 is 2.93 bits per heavy atom. The summed E-state index contributed by atoms with van der Waals surface area (Å²) in [5, 5.41) is 3.03. The summed E-state index contributed by atoms with van der Waals surface area (Å²) in [6.45, 7) is 7.54. The van der Waals surface area contributed by atoms with Crippen LogP contribution in [0.4, 0.5) is 5.69 Å². The number of hydrogen-bond acceptors (Lipinski definition) is 3. The van der Waals surface area contributed by atoms with Crippen molar-refractivity contribution < 1.29 is 9.53 Å². The number of rotatable bonds is 4. The van der Waals surface area contributed by atoms with E-state index in [1.165, 1.54) is 5.56 Å². The minimum absolute atomic E-state index is 0.162. The Bertz CT molecular complexity index is 372. The summed E-state index contributed by atoms with van der Waals surface area (Å²) < 4.78 is 4.82. The largest absolute Gasteiger partial charge is 0.441 e. The first-order valence-electron chi connectivity index (χ1n) is 4.74. The lowest BCUT2D eigenvalue weighted by Crippen LogP contribution is -2.11. The molecule has 0 aliphatic carbocycles. The van der Waals surface area contributed by atoms with Crippen molar-refractivity contribution in [3.63, 3.8) is 0 Å². The minimum atomic E-state index is -0.423. The van der Waals surface area contributed by atoms with Gasteiger partial charge in [-0.15, -0.1) is 0 Å². The predicted octanol–water partition coefficient (Wildman–Crippen LogP) is 2.40. The third-order valence-corrected chi connectivity index (χ3v) is 2.25. The van der Waals surface area contributed by atoms with E-state index in [1.807, 2.05) is 32.0 Å². The molecule has 80 valence electrons. The predicted molar refractivity (Wildman–Crippen MR) is 60.7 cm³/mol. The smallest absolute Gasteiger partial charge is 0.331 e. The van der Waals surface area contributed by atoms with Crippen LogP contribution in [0, 0.1) is 13.8 Å². The number of esters is 1. The molecule has 0 saturated heterocycles. The van der Waals surface area contributed by atoms with Crippen LogP contribution in [0.3, 0.4) is 0 Å². The van der Waals surface area contributed by atoms with E-state index in [0.29, 0.717) is 0 Å². The van der Waals surface area contributed by atoms with E-state index >= 15 is 0 Å². The van der Waals surface area contributed by atoms with E-state index in [0.717, 1.165) is 17.3 Å². The maximum Gasteiger partial charge on any atom is 0.331 e. The fourth-order valence-corrected chi connectivity index (χ4v) is 1.19. The molecule has 0 spiro atoms. The molecule has 0 atom stereocenters. The Labute approximate surface area is 89.8 Å². The fraction of sp³-hybridized carbons (Fsp3) is 0.250. The number of nitrogens with one attached hydrogen (secondary N) is 1. The molecule has 0 unspecified atom stereocenters. The average molecular weight is 205 g/mol. The number of carbonyl (C=O) groups excluding carboxylic acids is 1. The van der Waals surface area contributed by atoms with Gasteiger partial charge in [-0.25, -0.2) is 4.79 Å². The van der Waals surface area contributed by atoms with Gasteiger partial charge >= 0.3 is 5.97 Å². The van der Waals surface area contributed by atoms with Crippen molar-refractivity contribution >= 4 is 11.7 Å². The number of aryl methyl sites for hydroxylation is 1. The highest BCUT2D eigenvalue weighted by atomic mass is 16.5. The van der Waals surface area contributed by atoms with Gasteiger partial charge in [0, 0.05) is 11.8 Å². The van der Waals surface area contributed by atoms with Crippen LogP contribution in [0.5, 0.6) is 0 Å². The fourth-order valence-electron chi connectivity index (χ4n) is 1.19. The molecule has 0 saturated carbocycles. The molecule has 0 heterocycles. The van der Waals surface area contributed by atoms with Gasteiger partial charge in [-0.2, -0.15) is 0 Å². The van der Waals surface area contributed by atoms with Crippen molar-refractivity contribution in [1.82, 2.24) is 0 Å². The van der Waals surface area contributed by atoms with Crippen molar-refractivity contribution in [2.24, 2.45) is 0 Å². The summed E-state index contributed by atoms with van der Waals surface area (Å²) in [6.07, 6.45) is 1.14. The highest BCUT2D eigenvalue weighted by molar-refractivity contribution is 5.81. The van der Waals surface area contributed by atoms with Gasteiger partial charge < -0.3 is 10.1 Å². The van der Waals surface area contributed by atoms with Crippen LogP contribution in [0.25, 0.3) is 0 Å². The van der Waals surface area contributed by atoms with Gasteiger partial charge in [0.1, 0.15) is 0 Å². The molecule has 0 fully saturated rings. The quantitative estimate of drug-likeness (QED) is 0.466. The molecule has 0 bridgehead atoms. The lowest BCUT2D eigenvalue weighted by atomic mass is 10.1. The molecule has 1 aromatic rings. The summed E-state index contributed by atoms with van der Waals surface area (Å²) >= 11 is 0. The highest BCUT2D eigenvalue weighted by Crippen LogP contribution is 2.17. The van der Waals surface area contributed by atoms with Crippen LogP contribution in [0.2, 0.25) is 0 Å². The normalized spacial score (nSPS) is 9.47. The van der Waals surface area contributed by atoms with Gasteiger partial charge in [0.15, 0.2) is 6.73 Å². The van der Waals surface area contributed by atoms with E-state index in [1.54, 1.807) is 0 Å². The average Bonchev–Trinajstić information content (AvgIpc) is 2.24. The van der Waals surface area contributed by atoms with E-state index in [-0.39, 0.29) is 6.73 Å². The van der Waals surface area contributed by atoms with Crippen LogP contribution in [-0.4, -0.2) is 12.7 Å². The first-order chi connectivity index (χ1) is 7.15. The molecular weight excluding hydrogens is 190 g/mol. The van der Waals surface area contributed by atoms with Crippen molar-refractivity contribution in [3.8, 4) is 0 Å². The van der Waals surface area contributed by atoms with E-state index < -0.39 is 5.97 Å². The lowest BCUT2D eigenvalue weighted by Gasteiger charge is -2.10. The maximum absolute atomic E-state index is 10.8. The first-order valence-corrected chi connectivity index (χ1v) is 4.74. The van der Waals surface area contributed by atoms with Crippen molar-refractivity contribution in [3.05, 3.63) is 42.0 Å². The van der Waals surface area contributed by atoms with E-state index in [4.69, 9.17) is 4.74 Å². The molecular formula is C12H15NO2. The zero-order valence-corrected chi connectivity index (χ0v) is 9.04. The van der Waals surface area contributed by atoms with Gasteiger partial charge in [-0.05, 0) is 31.0 Å². The van der Waals surface area contributed by atoms with Crippen LogP contribution in [-0.2, 0) is 9.53 Å². The Kier molecular flexibility index (Phi) is 3.92. The maximum atomic E-state index is 10.8. The van der Waals surface area contributed by atoms with Gasteiger partial charge in [-0.1, -0.05) is 18.7 Å². The second-order valence-corrected chi connectivity index (χ2v) is 3.24. The van der Waals surface area contributed by atoms with E-state index in [9.17, 15) is 4.79 Å². The summed E-state index contributed by atoms with van der Waals surface area (Å²) in [7, 11) is 0. The molecule has 0 amide bonds. The van der Waals surface area contributed by atoms with Gasteiger partial charge in [0.05, 0.1) is 0 Å². The zero-order chi connectivity index (χ0) is 11.3. The Balaban J connectivity index is 2.54. The molecule has 15 heavy (non-hydrogen) atoms. The molecule has 1 aromatic carbocycles. The Hall–Kier alpha value is -1.77. The molecule has 3 nitrogen and oxygen atoms in total. The third-order valence-electron chi connectivity index (χ3n) is 2.25. The molecule has 0 aliphatic heterocycles. The molecule has 1 N–H and O–H groups in total. The number of carbonyl (C=O) groups is 1. The Morgan fingerprint density at radius 1 is 1.53 bits per heavy atom. The van der Waals surface area contributed by atoms with Gasteiger partial charge in [0.25, 0.3) is 0 Å². The number of benzene rings is 1. The second kappa shape index (κ2) is 5.20. The van der Waals surface area contributed by atoms with Crippen LogP contribution < -0.4 is 5.32 Å². The summed E-state index contributed by atoms with van der Waals surface area (Å²) in [6, 6.07) is 5.94. The zero-order valence-electron chi connectivity index (χ0n) is 9.04. The SMILES string of the molecule is C=CC(=O)OCNc1cccc(C)c1C. The first kappa shape index (κ1) is 11.3. The number of anilines is 1.